The van der Waals surface area contributed by atoms with E-state index in [1.807, 2.05) is 0 Å². The van der Waals surface area contributed by atoms with E-state index in [2.05, 4.69) is 0 Å². The maximum absolute atomic E-state index is 12.0. The number of carboxylic acid groups (broad SMARTS) is 1. The summed E-state index contributed by atoms with van der Waals surface area (Å²) in [6.07, 6.45) is 0.469. The minimum Gasteiger partial charge on any atom is -0.481 e. The van der Waals surface area contributed by atoms with Gasteiger partial charge in [-0.15, -0.1) is 11.8 Å². The van der Waals surface area contributed by atoms with Crippen molar-refractivity contribution >= 4 is 29.5 Å². The number of carbonyl (C=O) groups is 3. The third-order valence-corrected chi connectivity index (χ3v) is 4.44. The number of thioether (sulfide) groups is 1. The molecule has 0 aliphatic carbocycles. The molecular weight excluding hydrogens is 256 g/mol. The fourth-order valence-electron chi connectivity index (χ4n) is 2.15. The number of carboxylic acids is 1. The molecule has 7 heteroatoms. The zero-order valence-corrected chi connectivity index (χ0v) is 11.0. The monoisotopic (exact) mass is 272 g/mol. The minimum absolute atomic E-state index is 0.0199. The summed E-state index contributed by atoms with van der Waals surface area (Å²) < 4.78 is 0. The predicted molar refractivity (Wildman–Crippen MR) is 66.0 cm³/mol. The summed E-state index contributed by atoms with van der Waals surface area (Å²) in [5, 5.41) is 9.09. The molecule has 2 aliphatic rings. The maximum atomic E-state index is 12.0. The zero-order chi connectivity index (χ0) is 13.3. The lowest BCUT2D eigenvalue weighted by Gasteiger charge is -2.22. The number of amides is 2. The summed E-state index contributed by atoms with van der Waals surface area (Å²) in [6, 6.07) is 0. The highest BCUT2D eigenvalue weighted by Gasteiger charge is 2.42. The molecule has 2 aliphatic heterocycles. The lowest BCUT2D eigenvalue weighted by Crippen LogP contribution is -2.41. The molecule has 6 nitrogen and oxygen atoms in total. The van der Waals surface area contributed by atoms with Gasteiger partial charge in [0.15, 0.2) is 0 Å². The number of aliphatic carboxylic acids is 1. The number of carbonyl (C=O) groups excluding carboxylic acids is 2. The van der Waals surface area contributed by atoms with Gasteiger partial charge in [-0.2, -0.15) is 0 Å². The smallest absolute Gasteiger partial charge is 0.311 e. The lowest BCUT2D eigenvalue weighted by molar-refractivity contribution is -0.147. The van der Waals surface area contributed by atoms with Crippen LogP contribution in [0.5, 0.6) is 0 Å². The Balaban J connectivity index is 1.91. The Morgan fingerprint density at radius 1 is 1.50 bits per heavy atom. The maximum Gasteiger partial charge on any atom is 0.311 e. The van der Waals surface area contributed by atoms with Crippen molar-refractivity contribution in [2.24, 2.45) is 5.41 Å². The summed E-state index contributed by atoms with van der Waals surface area (Å²) >= 11 is 1.49. The van der Waals surface area contributed by atoms with Crippen LogP contribution < -0.4 is 0 Å². The quantitative estimate of drug-likeness (QED) is 0.772. The highest BCUT2D eigenvalue weighted by molar-refractivity contribution is 8.00. The van der Waals surface area contributed by atoms with Gasteiger partial charge in [0.2, 0.25) is 11.8 Å². The second kappa shape index (κ2) is 4.79. The molecule has 2 rings (SSSR count). The van der Waals surface area contributed by atoms with Crippen LogP contribution in [0.4, 0.5) is 0 Å². The number of rotatable bonds is 3. The fourth-order valence-corrected chi connectivity index (χ4v) is 3.06. The SMILES string of the molecule is C[C@@]1(C(=O)O)CCN(C(=O)CN2CSCC2=O)C1. The first kappa shape index (κ1) is 13.2. The van der Waals surface area contributed by atoms with Gasteiger partial charge in [0.05, 0.1) is 17.0 Å². The van der Waals surface area contributed by atoms with Crippen molar-refractivity contribution in [3.63, 3.8) is 0 Å². The number of hydrogen-bond donors (Lipinski definition) is 1. The van der Waals surface area contributed by atoms with E-state index in [-0.39, 0.29) is 24.9 Å². The van der Waals surface area contributed by atoms with Gasteiger partial charge in [-0.05, 0) is 13.3 Å². The second-order valence-corrected chi connectivity index (χ2v) is 5.96. The van der Waals surface area contributed by atoms with E-state index in [1.165, 1.54) is 16.7 Å². The van der Waals surface area contributed by atoms with Crippen LogP contribution in [-0.4, -0.2) is 64.0 Å². The average molecular weight is 272 g/mol. The summed E-state index contributed by atoms with van der Waals surface area (Å²) in [5.74, 6) is -0.0654. The molecule has 1 atom stereocenters. The summed E-state index contributed by atoms with van der Waals surface area (Å²) in [7, 11) is 0. The third-order valence-electron chi connectivity index (χ3n) is 3.49. The fraction of sp³-hybridized carbons (Fsp3) is 0.727. The molecule has 0 saturated carbocycles. The van der Waals surface area contributed by atoms with Crippen LogP contribution in [0.1, 0.15) is 13.3 Å². The van der Waals surface area contributed by atoms with Gasteiger partial charge in [0.1, 0.15) is 6.54 Å². The first-order valence-electron chi connectivity index (χ1n) is 5.79. The molecule has 0 aromatic heterocycles. The van der Waals surface area contributed by atoms with Crippen molar-refractivity contribution in [1.29, 1.82) is 0 Å². The Kier molecular flexibility index (Phi) is 3.52. The van der Waals surface area contributed by atoms with Gasteiger partial charge in [-0.3, -0.25) is 14.4 Å². The Labute approximate surface area is 109 Å². The van der Waals surface area contributed by atoms with E-state index in [4.69, 9.17) is 5.11 Å². The Morgan fingerprint density at radius 2 is 2.22 bits per heavy atom. The van der Waals surface area contributed by atoms with Crippen molar-refractivity contribution in [1.82, 2.24) is 9.80 Å². The molecule has 0 bridgehead atoms. The molecule has 100 valence electrons. The molecule has 0 aromatic rings. The molecule has 18 heavy (non-hydrogen) atoms. The minimum atomic E-state index is -0.870. The van der Waals surface area contributed by atoms with Crippen molar-refractivity contribution in [3.05, 3.63) is 0 Å². The Morgan fingerprint density at radius 3 is 2.72 bits per heavy atom. The van der Waals surface area contributed by atoms with E-state index in [0.717, 1.165) is 0 Å². The van der Waals surface area contributed by atoms with Gasteiger partial charge >= 0.3 is 5.97 Å². The summed E-state index contributed by atoms with van der Waals surface area (Å²) in [4.78, 5) is 37.5. The molecule has 0 unspecified atom stereocenters. The summed E-state index contributed by atoms with van der Waals surface area (Å²) in [6.45, 7) is 2.41. The van der Waals surface area contributed by atoms with Crippen LogP contribution in [0.2, 0.25) is 0 Å². The molecule has 2 heterocycles. The van der Waals surface area contributed by atoms with Crippen LogP contribution in [0.3, 0.4) is 0 Å². The van der Waals surface area contributed by atoms with E-state index >= 15 is 0 Å². The highest BCUT2D eigenvalue weighted by Crippen LogP contribution is 2.30. The zero-order valence-electron chi connectivity index (χ0n) is 10.2. The second-order valence-electron chi connectivity index (χ2n) is 5.00. The van der Waals surface area contributed by atoms with Crippen molar-refractivity contribution < 1.29 is 19.5 Å². The van der Waals surface area contributed by atoms with Crippen molar-refractivity contribution in [2.45, 2.75) is 13.3 Å². The molecule has 2 saturated heterocycles. The number of hydrogen-bond acceptors (Lipinski definition) is 4. The van der Waals surface area contributed by atoms with Gasteiger partial charge in [0, 0.05) is 13.1 Å². The average Bonchev–Trinajstić information content (AvgIpc) is 2.87. The molecular formula is C11H16N2O4S. The third kappa shape index (κ3) is 2.45. The van der Waals surface area contributed by atoms with Gasteiger partial charge < -0.3 is 14.9 Å². The van der Waals surface area contributed by atoms with E-state index in [0.29, 0.717) is 24.6 Å². The van der Waals surface area contributed by atoms with Crippen molar-refractivity contribution in [2.75, 3.05) is 31.3 Å². The van der Waals surface area contributed by atoms with E-state index in [1.54, 1.807) is 11.8 Å². The number of likely N-dealkylation sites (tertiary alicyclic amines) is 1. The van der Waals surface area contributed by atoms with Crippen LogP contribution in [0, 0.1) is 5.41 Å². The Bertz CT molecular complexity index is 401. The molecule has 0 spiro atoms. The first-order chi connectivity index (χ1) is 8.42. The predicted octanol–water partition coefficient (Wildman–Crippen LogP) is -0.157. The van der Waals surface area contributed by atoms with Crippen LogP contribution in [0.25, 0.3) is 0 Å². The molecule has 2 amide bonds. The highest BCUT2D eigenvalue weighted by atomic mass is 32.2. The van der Waals surface area contributed by atoms with Crippen LogP contribution >= 0.6 is 11.8 Å². The van der Waals surface area contributed by atoms with Crippen LogP contribution in [-0.2, 0) is 14.4 Å². The molecule has 2 fully saturated rings. The Hall–Kier alpha value is -1.24. The molecule has 0 aromatic carbocycles. The van der Waals surface area contributed by atoms with Crippen molar-refractivity contribution in [3.8, 4) is 0 Å². The van der Waals surface area contributed by atoms with Gasteiger partial charge in [0.25, 0.3) is 0 Å². The standard InChI is InChI=1S/C11H16N2O4S/c1-11(10(16)17)2-3-12(6-11)8(14)4-13-7-18-5-9(13)15/h2-7H2,1H3,(H,16,17)/t11-/m1/s1. The van der Waals surface area contributed by atoms with Gasteiger partial charge in [-0.1, -0.05) is 0 Å². The lowest BCUT2D eigenvalue weighted by atomic mass is 9.90. The van der Waals surface area contributed by atoms with Crippen LogP contribution in [0.15, 0.2) is 0 Å². The first-order valence-corrected chi connectivity index (χ1v) is 6.94. The molecule has 1 N–H and O–H groups in total. The molecule has 0 radical (unpaired) electrons. The normalized spacial score (nSPS) is 27.9. The summed E-state index contributed by atoms with van der Waals surface area (Å²) in [5.41, 5.74) is -0.848. The topological polar surface area (TPSA) is 77.9 Å². The van der Waals surface area contributed by atoms with E-state index in [9.17, 15) is 14.4 Å². The number of nitrogens with zero attached hydrogens (tertiary/aromatic N) is 2. The van der Waals surface area contributed by atoms with Gasteiger partial charge in [-0.25, -0.2) is 0 Å². The largest absolute Gasteiger partial charge is 0.481 e. The van der Waals surface area contributed by atoms with E-state index < -0.39 is 11.4 Å².